The van der Waals surface area contributed by atoms with Gasteiger partial charge in [0.2, 0.25) is 0 Å². The normalized spacial score (nSPS) is 12.8. The molecule has 1 nitrogen and oxygen atoms in total. The van der Waals surface area contributed by atoms with Gasteiger partial charge in [-0.1, -0.05) is 28.1 Å². The predicted molar refractivity (Wildman–Crippen MR) is 73.6 cm³/mol. The van der Waals surface area contributed by atoms with Crippen molar-refractivity contribution >= 4 is 27.7 Å². The van der Waals surface area contributed by atoms with Gasteiger partial charge in [0.15, 0.2) is 0 Å². The van der Waals surface area contributed by atoms with E-state index in [1.54, 1.807) is 0 Å². The van der Waals surface area contributed by atoms with Crippen LogP contribution in [0.3, 0.4) is 0 Å². The van der Waals surface area contributed by atoms with Crippen molar-refractivity contribution in [3.05, 3.63) is 33.8 Å². The third kappa shape index (κ3) is 4.58. The van der Waals surface area contributed by atoms with Crippen molar-refractivity contribution in [1.82, 2.24) is 5.32 Å². The largest absolute Gasteiger partial charge is 0.309 e. The molecule has 0 saturated carbocycles. The number of thioether (sulfide) groups is 1. The van der Waals surface area contributed by atoms with Crippen LogP contribution in [0.5, 0.6) is 0 Å². The molecule has 1 rings (SSSR count). The second kappa shape index (κ2) is 6.56. The smallest absolute Gasteiger partial charge is 0.0208 e. The average Bonchev–Trinajstić information content (AvgIpc) is 2.20. The zero-order valence-corrected chi connectivity index (χ0v) is 11.9. The number of rotatable bonds is 5. The first-order chi connectivity index (χ1) is 7.13. The van der Waals surface area contributed by atoms with Crippen LogP contribution in [0.1, 0.15) is 18.1 Å². The highest BCUT2D eigenvalue weighted by atomic mass is 79.9. The lowest BCUT2D eigenvalue weighted by Gasteiger charge is -2.12. The van der Waals surface area contributed by atoms with Crippen molar-refractivity contribution in [1.29, 1.82) is 0 Å². The van der Waals surface area contributed by atoms with E-state index in [9.17, 15) is 0 Å². The SMILES string of the molecule is CSCC(C)NCc1ccc(Br)c(C)c1. The first kappa shape index (κ1) is 13.1. The topological polar surface area (TPSA) is 12.0 Å². The molecule has 0 spiro atoms. The molecule has 0 radical (unpaired) electrons. The highest BCUT2D eigenvalue weighted by Gasteiger charge is 2.01. The summed E-state index contributed by atoms with van der Waals surface area (Å²) in [5.74, 6) is 1.16. The molecule has 0 saturated heterocycles. The Morgan fingerprint density at radius 2 is 2.20 bits per heavy atom. The fourth-order valence-corrected chi connectivity index (χ4v) is 2.28. The average molecular weight is 288 g/mol. The lowest BCUT2D eigenvalue weighted by atomic mass is 10.1. The molecule has 1 aromatic rings. The number of hydrogen-bond acceptors (Lipinski definition) is 2. The minimum absolute atomic E-state index is 0.573. The lowest BCUT2D eigenvalue weighted by Crippen LogP contribution is -2.27. The van der Waals surface area contributed by atoms with Crippen molar-refractivity contribution in [2.24, 2.45) is 0 Å². The van der Waals surface area contributed by atoms with Gasteiger partial charge in [-0.25, -0.2) is 0 Å². The zero-order chi connectivity index (χ0) is 11.3. The summed E-state index contributed by atoms with van der Waals surface area (Å²) in [6.07, 6.45) is 2.14. The van der Waals surface area contributed by atoms with Crippen LogP contribution in [0.15, 0.2) is 22.7 Å². The minimum Gasteiger partial charge on any atom is -0.309 e. The fourth-order valence-electron chi connectivity index (χ4n) is 1.42. The van der Waals surface area contributed by atoms with E-state index in [0.717, 1.165) is 12.3 Å². The van der Waals surface area contributed by atoms with Crippen LogP contribution in [0.4, 0.5) is 0 Å². The molecule has 0 heterocycles. The molecule has 1 unspecified atom stereocenters. The van der Waals surface area contributed by atoms with E-state index in [1.165, 1.54) is 15.6 Å². The van der Waals surface area contributed by atoms with Crippen molar-refractivity contribution in [3.63, 3.8) is 0 Å². The molecule has 0 aliphatic carbocycles. The second-order valence-corrected chi connectivity index (χ2v) is 5.59. The molecule has 0 bridgehead atoms. The Labute approximate surface area is 105 Å². The first-order valence-electron chi connectivity index (χ1n) is 5.11. The van der Waals surface area contributed by atoms with Crippen molar-refractivity contribution in [3.8, 4) is 0 Å². The molecule has 0 amide bonds. The van der Waals surface area contributed by atoms with Crippen molar-refractivity contribution in [2.75, 3.05) is 12.0 Å². The van der Waals surface area contributed by atoms with E-state index in [1.807, 2.05) is 11.8 Å². The quantitative estimate of drug-likeness (QED) is 0.888. The van der Waals surface area contributed by atoms with Crippen molar-refractivity contribution < 1.29 is 0 Å². The fraction of sp³-hybridized carbons (Fsp3) is 0.500. The first-order valence-corrected chi connectivity index (χ1v) is 7.29. The van der Waals surface area contributed by atoms with Crippen molar-refractivity contribution in [2.45, 2.75) is 26.4 Å². The third-order valence-corrected chi connectivity index (χ3v) is 4.02. The third-order valence-electron chi connectivity index (χ3n) is 2.29. The van der Waals surface area contributed by atoms with Gasteiger partial charge in [-0.15, -0.1) is 0 Å². The Kier molecular flexibility index (Phi) is 5.72. The molecule has 1 aromatic carbocycles. The van der Waals surface area contributed by atoms with E-state index in [2.05, 4.69) is 59.5 Å². The summed E-state index contributed by atoms with van der Waals surface area (Å²) in [6, 6.07) is 7.08. The van der Waals surface area contributed by atoms with E-state index >= 15 is 0 Å². The molecular formula is C12H18BrNS. The van der Waals surface area contributed by atoms with Gasteiger partial charge < -0.3 is 5.32 Å². The number of hydrogen-bond donors (Lipinski definition) is 1. The second-order valence-electron chi connectivity index (χ2n) is 3.82. The number of halogens is 1. The molecule has 1 N–H and O–H groups in total. The summed E-state index contributed by atoms with van der Waals surface area (Å²) in [4.78, 5) is 0. The number of aryl methyl sites for hydroxylation is 1. The van der Waals surface area contributed by atoms with E-state index in [0.29, 0.717) is 6.04 Å². The zero-order valence-electron chi connectivity index (χ0n) is 9.51. The standard InChI is InChI=1S/C12H18BrNS/c1-9-6-11(4-5-12(9)13)7-14-10(2)8-15-3/h4-6,10,14H,7-8H2,1-3H3. The van der Waals surface area contributed by atoms with Crippen LogP contribution in [0.25, 0.3) is 0 Å². The minimum atomic E-state index is 0.573. The monoisotopic (exact) mass is 287 g/mol. The molecule has 15 heavy (non-hydrogen) atoms. The van der Waals surface area contributed by atoms with Gasteiger partial charge in [-0.2, -0.15) is 11.8 Å². The molecule has 1 atom stereocenters. The summed E-state index contributed by atoms with van der Waals surface area (Å²) < 4.78 is 1.18. The van der Waals surface area contributed by atoms with Crippen LogP contribution >= 0.6 is 27.7 Å². The molecule has 0 aliphatic heterocycles. The summed E-state index contributed by atoms with van der Waals surface area (Å²) >= 11 is 5.39. The summed E-state index contributed by atoms with van der Waals surface area (Å²) in [7, 11) is 0. The summed E-state index contributed by atoms with van der Waals surface area (Å²) in [6.45, 7) is 5.30. The maximum absolute atomic E-state index is 3.51. The lowest BCUT2D eigenvalue weighted by molar-refractivity contribution is 0.596. The Balaban J connectivity index is 2.47. The van der Waals surface area contributed by atoms with Gasteiger partial charge in [-0.3, -0.25) is 0 Å². The molecule has 3 heteroatoms. The van der Waals surface area contributed by atoms with Crippen LogP contribution < -0.4 is 5.32 Å². The Bertz CT molecular complexity index is 314. The predicted octanol–water partition coefficient (Wildman–Crippen LogP) is 3.60. The molecule has 84 valence electrons. The molecular weight excluding hydrogens is 270 g/mol. The van der Waals surface area contributed by atoms with Gasteiger partial charge in [-0.05, 0) is 37.3 Å². The highest BCUT2D eigenvalue weighted by molar-refractivity contribution is 9.10. The number of benzene rings is 1. The highest BCUT2D eigenvalue weighted by Crippen LogP contribution is 2.17. The van der Waals surface area contributed by atoms with Crippen LogP contribution in [-0.2, 0) is 6.54 Å². The van der Waals surface area contributed by atoms with Gasteiger partial charge >= 0.3 is 0 Å². The van der Waals surface area contributed by atoms with E-state index in [-0.39, 0.29) is 0 Å². The Hall–Kier alpha value is 0.01000. The molecule has 0 fully saturated rings. The maximum Gasteiger partial charge on any atom is 0.0208 e. The van der Waals surface area contributed by atoms with Gasteiger partial charge in [0, 0.05) is 22.8 Å². The molecule has 0 aliphatic rings. The number of nitrogens with one attached hydrogen (secondary N) is 1. The van der Waals surface area contributed by atoms with Gasteiger partial charge in [0.1, 0.15) is 0 Å². The summed E-state index contributed by atoms with van der Waals surface area (Å²) in [5.41, 5.74) is 2.65. The van der Waals surface area contributed by atoms with Crippen LogP contribution in [0, 0.1) is 6.92 Å². The van der Waals surface area contributed by atoms with Crippen LogP contribution in [0.2, 0.25) is 0 Å². The van der Waals surface area contributed by atoms with Crippen LogP contribution in [-0.4, -0.2) is 18.1 Å². The Morgan fingerprint density at radius 3 is 2.80 bits per heavy atom. The Morgan fingerprint density at radius 1 is 1.47 bits per heavy atom. The molecule has 0 aromatic heterocycles. The van der Waals surface area contributed by atoms with Gasteiger partial charge in [0.05, 0.1) is 0 Å². The maximum atomic E-state index is 3.51. The van der Waals surface area contributed by atoms with E-state index in [4.69, 9.17) is 0 Å². The van der Waals surface area contributed by atoms with E-state index < -0.39 is 0 Å². The van der Waals surface area contributed by atoms with Gasteiger partial charge in [0.25, 0.3) is 0 Å². The summed E-state index contributed by atoms with van der Waals surface area (Å²) in [5, 5.41) is 3.51.